The van der Waals surface area contributed by atoms with Crippen molar-refractivity contribution >= 4 is 26.8 Å². The van der Waals surface area contributed by atoms with Crippen LogP contribution < -0.4 is 0 Å². The Morgan fingerprint density at radius 2 is 1.62 bits per heavy atom. The molecule has 8 heteroatoms. The fraction of sp³-hybridized carbons (Fsp3) is 0.190. The first-order valence-electron chi connectivity index (χ1n) is 9.15. The Bertz CT molecular complexity index is 1230. The molecule has 0 saturated carbocycles. The predicted octanol–water partition coefficient (Wildman–Crippen LogP) is 2.25. The fourth-order valence-electron chi connectivity index (χ4n) is 3.40. The minimum Gasteiger partial charge on any atom is -0.335 e. The number of carbonyl (C=O) groups excluding carboxylic acids is 1. The Labute approximate surface area is 168 Å². The molecule has 29 heavy (non-hydrogen) atoms. The van der Waals surface area contributed by atoms with Crippen molar-refractivity contribution in [2.75, 3.05) is 26.2 Å². The van der Waals surface area contributed by atoms with Crippen molar-refractivity contribution in [1.29, 1.82) is 5.26 Å². The van der Waals surface area contributed by atoms with E-state index in [1.54, 1.807) is 23.1 Å². The van der Waals surface area contributed by atoms with Crippen LogP contribution in [0.15, 0.2) is 65.6 Å². The van der Waals surface area contributed by atoms with Crippen molar-refractivity contribution in [3.05, 3.63) is 71.9 Å². The Morgan fingerprint density at radius 1 is 0.931 bits per heavy atom. The molecule has 1 amide bonds. The first-order valence-corrected chi connectivity index (χ1v) is 10.6. The minimum absolute atomic E-state index is 0.00141. The molecular weight excluding hydrogens is 388 g/mol. The molecular formula is C21H18N4O3S. The van der Waals surface area contributed by atoms with E-state index in [0.29, 0.717) is 5.69 Å². The molecule has 0 spiro atoms. The molecule has 0 aliphatic carbocycles. The second kappa shape index (κ2) is 7.62. The number of nitrogens with zero attached hydrogens (tertiary/aromatic N) is 4. The van der Waals surface area contributed by atoms with Crippen LogP contribution in [0.5, 0.6) is 0 Å². The highest BCUT2D eigenvalue weighted by Crippen LogP contribution is 2.22. The molecule has 4 rings (SSSR count). The van der Waals surface area contributed by atoms with E-state index in [9.17, 15) is 18.5 Å². The lowest BCUT2D eigenvalue weighted by atomic mass is 10.2. The SMILES string of the molecule is N#Cc1ccccc1S(=O)(=O)N1CCN(C(=O)c2ccc3ccccc3n2)CC1. The summed E-state index contributed by atoms with van der Waals surface area (Å²) in [4.78, 5) is 18.9. The number of sulfonamides is 1. The number of nitriles is 1. The van der Waals surface area contributed by atoms with Gasteiger partial charge in [0.2, 0.25) is 10.0 Å². The molecule has 7 nitrogen and oxygen atoms in total. The van der Waals surface area contributed by atoms with E-state index in [1.807, 2.05) is 36.4 Å². The van der Waals surface area contributed by atoms with Crippen LogP contribution >= 0.6 is 0 Å². The van der Waals surface area contributed by atoms with Crippen LogP contribution in [0.2, 0.25) is 0 Å². The average molecular weight is 406 g/mol. The lowest BCUT2D eigenvalue weighted by molar-refractivity contribution is 0.0692. The van der Waals surface area contributed by atoms with Gasteiger partial charge in [0.25, 0.3) is 5.91 Å². The largest absolute Gasteiger partial charge is 0.335 e. The van der Waals surface area contributed by atoms with Crippen LogP contribution in [0, 0.1) is 11.3 Å². The maximum atomic E-state index is 12.9. The summed E-state index contributed by atoms with van der Waals surface area (Å²) in [5, 5.41) is 10.2. The maximum absolute atomic E-state index is 12.9. The summed E-state index contributed by atoms with van der Waals surface area (Å²) in [7, 11) is -3.79. The van der Waals surface area contributed by atoms with Crippen LogP contribution in [0.25, 0.3) is 10.9 Å². The van der Waals surface area contributed by atoms with Gasteiger partial charge >= 0.3 is 0 Å². The van der Waals surface area contributed by atoms with Gasteiger partial charge in [0.15, 0.2) is 0 Å². The van der Waals surface area contributed by atoms with Gasteiger partial charge in [0.1, 0.15) is 11.8 Å². The molecule has 146 valence electrons. The number of fused-ring (bicyclic) bond motifs is 1. The standard InChI is InChI=1S/C21H18N4O3S/c22-15-17-6-2-4-8-20(17)29(27,28)25-13-11-24(12-14-25)21(26)19-10-9-16-5-1-3-7-18(16)23-19/h1-10H,11-14H2. The molecule has 1 aliphatic rings. The quantitative estimate of drug-likeness (QED) is 0.665. The van der Waals surface area contributed by atoms with E-state index in [0.717, 1.165) is 10.9 Å². The summed E-state index contributed by atoms with van der Waals surface area (Å²) in [5.74, 6) is -0.217. The van der Waals surface area contributed by atoms with Crippen molar-refractivity contribution in [1.82, 2.24) is 14.2 Å². The molecule has 0 atom stereocenters. The number of pyridine rings is 1. The highest BCUT2D eigenvalue weighted by atomic mass is 32.2. The van der Waals surface area contributed by atoms with Gasteiger partial charge in [-0.1, -0.05) is 36.4 Å². The molecule has 1 aliphatic heterocycles. The summed E-state index contributed by atoms with van der Waals surface area (Å²) in [6.45, 7) is 0.866. The second-order valence-corrected chi connectivity index (χ2v) is 8.60. The minimum atomic E-state index is -3.79. The normalized spacial score (nSPS) is 15.2. The first-order chi connectivity index (χ1) is 14.0. The Balaban J connectivity index is 1.50. The van der Waals surface area contributed by atoms with Gasteiger partial charge in [-0.3, -0.25) is 4.79 Å². The molecule has 2 heterocycles. The third kappa shape index (κ3) is 3.58. The highest BCUT2D eigenvalue weighted by molar-refractivity contribution is 7.89. The van der Waals surface area contributed by atoms with Gasteiger partial charge in [-0.15, -0.1) is 0 Å². The van der Waals surface area contributed by atoms with E-state index in [1.165, 1.54) is 16.4 Å². The third-order valence-electron chi connectivity index (χ3n) is 4.97. The van der Waals surface area contributed by atoms with Gasteiger partial charge < -0.3 is 4.90 Å². The average Bonchev–Trinajstić information content (AvgIpc) is 2.78. The van der Waals surface area contributed by atoms with E-state index in [2.05, 4.69) is 4.98 Å². The van der Waals surface area contributed by atoms with E-state index in [-0.39, 0.29) is 42.5 Å². The molecule has 0 unspecified atom stereocenters. The maximum Gasteiger partial charge on any atom is 0.272 e. The lowest BCUT2D eigenvalue weighted by Crippen LogP contribution is -2.50. The van der Waals surface area contributed by atoms with Crippen molar-refractivity contribution in [3.63, 3.8) is 0 Å². The van der Waals surface area contributed by atoms with Crippen LogP contribution in [-0.2, 0) is 10.0 Å². The molecule has 0 N–H and O–H groups in total. The van der Waals surface area contributed by atoms with Crippen LogP contribution in [0.3, 0.4) is 0 Å². The third-order valence-corrected chi connectivity index (χ3v) is 6.93. The second-order valence-electron chi connectivity index (χ2n) is 6.69. The fourth-order valence-corrected chi connectivity index (χ4v) is 4.97. The Kier molecular flexibility index (Phi) is 5.01. The molecule has 1 aromatic heterocycles. The van der Waals surface area contributed by atoms with Gasteiger partial charge in [-0.25, -0.2) is 13.4 Å². The zero-order valence-corrected chi connectivity index (χ0v) is 16.3. The predicted molar refractivity (Wildman–Crippen MR) is 108 cm³/mol. The zero-order chi connectivity index (χ0) is 20.4. The molecule has 0 bridgehead atoms. The van der Waals surface area contributed by atoms with Crippen molar-refractivity contribution in [2.45, 2.75) is 4.90 Å². The van der Waals surface area contributed by atoms with Crippen molar-refractivity contribution in [2.24, 2.45) is 0 Å². The molecule has 2 aromatic carbocycles. The van der Waals surface area contributed by atoms with Crippen molar-refractivity contribution in [3.8, 4) is 6.07 Å². The number of aromatic nitrogens is 1. The summed E-state index contributed by atoms with van der Waals surface area (Å²) in [6.07, 6.45) is 0. The smallest absolute Gasteiger partial charge is 0.272 e. The zero-order valence-electron chi connectivity index (χ0n) is 15.5. The molecule has 3 aromatic rings. The number of rotatable bonds is 3. The summed E-state index contributed by atoms with van der Waals surface area (Å²) < 4.78 is 27.2. The van der Waals surface area contributed by atoms with Gasteiger partial charge in [-0.2, -0.15) is 9.57 Å². The molecule has 1 fully saturated rings. The lowest BCUT2D eigenvalue weighted by Gasteiger charge is -2.34. The first kappa shape index (κ1) is 19.1. The number of carbonyl (C=O) groups is 1. The molecule has 0 radical (unpaired) electrons. The highest BCUT2D eigenvalue weighted by Gasteiger charge is 2.32. The Morgan fingerprint density at radius 3 is 2.38 bits per heavy atom. The number of benzene rings is 2. The van der Waals surface area contributed by atoms with Crippen LogP contribution in [0.4, 0.5) is 0 Å². The van der Waals surface area contributed by atoms with E-state index < -0.39 is 10.0 Å². The topological polar surface area (TPSA) is 94.4 Å². The van der Waals surface area contributed by atoms with Gasteiger partial charge in [0, 0.05) is 31.6 Å². The number of para-hydroxylation sites is 1. The van der Waals surface area contributed by atoms with E-state index >= 15 is 0 Å². The van der Waals surface area contributed by atoms with E-state index in [4.69, 9.17) is 0 Å². The van der Waals surface area contributed by atoms with Crippen LogP contribution in [0.1, 0.15) is 16.1 Å². The van der Waals surface area contributed by atoms with Gasteiger partial charge in [0.05, 0.1) is 16.0 Å². The van der Waals surface area contributed by atoms with Crippen molar-refractivity contribution < 1.29 is 13.2 Å². The summed E-state index contributed by atoms with van der Waals surface area (Å²) in [6, 6.07) is 19.2. The van der Waals surface area contributed by atoms with Crippen LogP contribution in [-0.4, -0.2) is 54.7 Å². The number of amides is 1. The monoisotopic (exact) mass is 406 g/mol. The van der Waals surface area contributed by atoms with Gasteiger partial charge in [-0.05, 0) is 24.3 Å². The summed E-state index contributed by atoms with van der Waals surface area (Å²) >= 11 is 0. The number of hydrogen-bond acceptors (Lipinski definition) is 5. The Hall–Kier alpha value is -3.28. The number of hydrogen-bond donors (Lipinski definition) is 0. The number of piperazine rings is 1. The summed E-state index contributed by atoms with van der Waals surface area (Å²) in [5.41, 5.74) is 1.20. The molecule has 1 saturated heterocycles.